The zero-order valence-corrected chi connectivity index (χ0v) is 18.3. The van der Waals surface area contributed by atoms with Gasteiger partial charge in [0, 0.05) is 44.4 Å². The number of nitrogens with zero attached hydrogens (tertiary/aromatic N) is 4. The lowest BCUT2D eigenvalue weighted by atomic mass is 10.1. The van der Waals surface area contributed by atoms with Gasteiger partial charge in [-0.1, -0.05) is 11.6 Å². The van der Waals surface area contributed by atoms with Crippen LogP contribution in [0.1, 0.15) is 20.3 Å². The maximum atomic E-state index is 13.1. The Balaban J connectivity index is 1.68. The second kappa shape index (κ2) is 8.33. The Morgan fingerprint density at radius 3 is 2.45 bits per heavy atom. The van der Waals surface area contributed by atoms with Crippen molar-refractivity contribution in [2.45, 2.75) is 30.9 Å². The molecule has 1 amide bonds. The topological polar surface area (TPSA) is 84.7 Å². The molecule has 1 aromatic heterocycles. The molecule has 0 spiro atoms. The second-order valence-corrected chi connectivity index (χ2v) is 9.81. The van der Waals surface area contributed by atoms with E-state index in [9.17, 15) is 13.2 Å². The third-order valence-electron chi connectivity index (χ3n) is 4.73. The summed E-state index contributed by atoms with van der Waals surface area (Å²) in [6.45, 7) is 4.70. The molecule has 10 heteroatoms. The lowest BCUT2D eigenvalue weighted by Crippen LogP contribution is -2.50. The Morgan fingerprint density at radius 2 is 1.83 bits per heavy atom. The molecule has 0 unspecified atom stereocenters. The second-order valence-electron chi connectivity index (χ2n) is 7.49. The van der Waals surface area contributed by atoms with Crippen molar-refractivity contribution in [3.63, 3.8) is 0 Å². The molecule has 1 aliphatic heterocycles. The molecule has 1 aliphatic rings. The summed E-state index contributed by atoms with van der Waals surface area (Å²) >= 11 is 5.89. The fourth-order valence-electron chi connectivity index (χ4n) is 3.21. The van der Waals surface area contributed by atoms with Crippen LogP contribution in [0.15, 0.2) is 41.8 Å². The third kappa shape index (κ3) is 4.91. The highest BCUT2D eigenvalue weighted by atomic mass is 35.5. The van der Waals surface area contributed by atoms with Crippen molar-refractivity contribution in [1.82, 2.24) is 18.8 Å². The van der Waals surface area contributed by atoms with Crippen molar-refractivity contribution in [1.29, 1.82) is 0 Å². The summed E-state index contributed by atoms with van der Waals surface area (Å²) in [6, 6.07) is 6.81. The lowest BCUT2D eigenvalue weighted by Gasteiger charge is -2.31. The van der Waals surface area contributed by atoms with Gasteiger partial charge in [-0.25, -0.2) is 13.4 Å². The molecular formula is C19H25ClN4O4S. The number of carbonyl (C=O) groups excluding carboxylic acids is 1. The molecule has 3 rings (SSSR count). The number of imidazole rings is 1. The highest BCUT2D eigenvalue weighted by molar-refractivity contribution is 7.89. The van der Waals surface area contributed by atoms with Crippen molar-refractivity contribution < 1.29 is 17.9 Å². The number of ether oxygens (including phenoxy) is 1. The van der Waals surface area contributed by atoms with Crippen molar-refractivity contribution in [2.24, 2.45) is 7.05 Å². The van der Waals surface area contributed by atoms with Crippen LogP contribution >= 0.6 is 11.6 Å². The lowest BCUT2D eigenvalue weighted by molar-refractivity contribution is -0.145. The zero-order valence-electron chi connectivity index (χ0n) is 16.7. The maximum Gasteiger partial charge on any atom is 0.266 e. The van der Waals surface area contributed by atoms with Gasteiger partial charge in [0.1, 0.15) is 5.75 Å². The number of benzene rings is 1. The van der Waals surface area contributed by atoms with Gasteiger partial charge in [0.2, 0.25) is 0 Å². The number of hydrogen-bond donors (Lipinski definition) is 0. The molecule has 158 valence electrons. The largest absolute Gasteiger partial charge is 0.478 e. The van der Waals surface area contributed by atoms with Crippen LogP contribution in [-0.2, 0) is 21.9 Å². The number of carbonyl (C=O) groups is 1. The molecule has 1 saturated heterocycles. The molecule has 29 heavy (non-hydrogen) atoms. The summed E-state index contributed by atoms with van der Waals surface area (Å²) in [5, 5.41) is 0.606. The van der Waals surface area contributed by atoms with E-state index in [1.165, 1.54) is 16.8 Å². The standard InChI is InChI=1S/C19H25ClN4O4S/c1-19(2,28-16-7-5-15(20)6-8-16)18(25)23-9-4-10-24(12-11-23)29(26,27)17-13-22(3)14-21-17/h5-8,13-14H,4,9-12H2,1-3H3. The SMILES string of the molecule is Cn1cnc(S(=O)(=O)N2CCCN(C(=O)C(C)(C)Oc3ccc(Cl)cc3)CC2)c1. The van der Waals surface area contributed by atoms with Crippen LogP contribution in [0.3, 0.4) is 0 Å². The Bertz CT molecular complexity index is 972. The number of hydrogen-bond acceptors (Lipinski definition) is 5. The van der Waals surface area contributed by atoms with Gasteiger partial charge in [-0.3, -0.25) is 4.79 Å². The number of sulfonamides is 1. The summed E-state index contributed by atoms with van der Waals surface area (Å²) in [4.78, 5) is 18.7. The molecule has 1 aromatic carbocycles. The Hall–Kier alpha value is -2.10. The molecule has 0 N–H and O–H groups in total. The quantitative estimate of drug-likeness (QED) is 0.711. The Kier molecular flexibility index (Phi) is 6.21. The minimum atomic E-state index is -3.68. The van der Waals surface area contributed by atoms with E-state index in [1.807, 2.05) is 0 Å². The number of amides is 1. The molecule has 1 fully saturated rings. The fourth-order valence-corrected chi connectivity index (χ4v) is 4.78. The first-order valence-corrected chi connectivity index (χ1v) is 11.1. The van der Waals surface area contributed by atoms with E-state index >= 15 is 0 Å². The average Bonchev–Trinajstić information content (AvgIpc) is 2.96. The third-order valence-corrected chi connectivity index (χ3v) is 6.77. The number of rotatable bonds is 5. The first-order valence-electron chi connectivity index (χ1n) is 9.32. The first kappa shape index (κ1) is 21.6. The molecule has 0 bridgehead atoms. The van der Waals surface area contributed by atoms with Crippen LogP contribution in [0, 0.1) is 0 Å². The van der Waals surface area contributed by atoms with Gasteiger partial charge < -0.3 is 14.2 Å². The average molecular weight is 441 g/mol. The van der Waals surface area contributed by atoms with E-state index in [0.717, 1.165) is 0 Å². The van der Waals surface area contributed by atoms with Gasteiger partial charge in [0.25, 0.3) is 15.9 Å². The molecule has 8 nitrogen and oxygen atoms in total. The number of aromatic nitrogens is 2. The first-order chi connectivity index (χ1) is 13.6. The monoisotopic (exact) mass is 440 g/mol. The van der Waals surface area contributed by atoms with Gasteiger partial charge in [0.15, 0.2) is 10.6 Å². The van der Waals surface area contributed by atoms with E-state index < -0.39 is 15.6 Å². The van der Waals surface area contributed by atoms with E-state index in [4.69, 9.17) is 16.3 Å². The minimum absolute atomic E-state index is 0.0196. The van der Waals surface area contributed by atoms with Gasteiger partial charge >= 0.3 is 0 Å². The smallest absolute Gasteiger partial charge is 0.266 e. The van der Waals surface area contributed by atoms with Crippen LogP contribution in [0.5, 0.6) is 5.75 Å². The molecule has 2 heterocycles. The zero-order chi connectivity index (χ0) is 21.2. The molecule has 0 radical (unpaired) electrons. The molecule has 0 aliphatic carbocycles. The Labute approximate surface area is 176 Å². The van der Waals surface area contributed by atoms with E-state index in [-0.39, 0.29) is 24.0 Å². The van der Waals surface area contributed by atoms with Crippen molar-refractivity contribution >= 4 is 27.5 Å². The summed E-state index contributed by atoms with van der Waals surface area (Å²) in [5.74, 6) is 0.353. The van der Waals surface area contributed by atoms with Crippen LogP contribution in [0.2, 0.25) is 5.02 Å². The minimum Gasteiger partial charge on any atom is -0.478 e. The van der Waals surface area contributed by atoms with E-state index in [1.54, 1.807) is 54.6 Å². The number of halogens is 1. The molecule has 0 saturated carbocycles. The normalized spacial score (nSPS) is 16.5. The highest BCUT2D eigenvalue weighted by Crippen LogP contribution is 2.23. The molecular weight excluding hydrogens is 416 g/mol. The van der Waals surface area contributed by atoms with Gasteiger partial charge in [-0.05, 0) is 44.5 Å². The summed E-state index contributed by atoms with van der Waals surface area (Å²) in [6.07, 6.45) is 3.47. The summed E-state index contributed by atoms with van der Waals surface area (Å²) in [5.41, 5.74) is -1.09. The molecule has 0 atom stereocenters. The van der Waals surface area contributed by atoms with Crippen LogP contribution in [0.4, 0.5) is 0 Å². The highest BCUT2D eigenvalue weighted by Gasteiger charge is 2.36. The predicted octanol–water partition coefficient (Wildman–Crippen LogP) is 2.15. The van der Waals surface area contributed by atoms with E-state index in [0.29, 0.717) is 30.3 Å². The maximum absolute atomic E-state index is 13.1. The van der Waals surface area contributed by atoms with Crippen LogP contribution in [0.25, 0.3) is 0 Å². The fraction of sp³-hybridized carbons (Fsp3) is 0.474. The van der Waals surface area contributed by atoms with Gasteiger partial charge in [-0.15, -0.1) is 0 Å². The van der Waals surface area contributed by atoms with Crippen LogP contribution in [-0.4, -0.2) is 64.9 Å². The summed E-state index contributed by atoms with van der Waals surface area (Å²) < 4.78 is 34.5. The number of aryl methyl sites for hydroxylation is 1. The van der Waals surface area contributed by atoms with Crippen molar-refractivity contribution in [2.75, 3.05) is 26.2 Å². The van der Waals surface area contributed by atoms with Crippen LogP contribution < -0.4 is 4.74 Å². The Morgan fingerprint density at radius 1 is 1.14 bits per heavy atom. The van der Waals surface area contributed by atoms with Crippen molar-refractivity contribution in [3.8, 4) is 5.75 Å². The molecule has 2 aromatic rings. The van der Waals surface area contributed by atoms with E-state index in [2.05, 4.69) is 4.98 Å². The van der Waals surface area contributed by atoms with Gasteiger partial charge in [-0.2, -0.15) is 4.31 Å². The summed E-state index contributed by atoms with van der Waals surface area (Å²) in [7, 11) is -1.96. The van der Waals surface area contributed by atoms with Gasteiger partial charge in [0.05, 0.1) is 6.33 Å². The predicted molar refractivity (Wildman–Crippen MR) is 109 cm³/mol. The van der Waals surface area contributed by atoms with Crippen molar-refractivity contribution in [3.05, 3.63) is 41.8 Å².